The summed E-state index contributed by atoms with van der Waals surface area (Å²) in [5, 5.41) is 0. The lowest BCUT2D eigenvalue weighted by Crippen LogP contribution is -2.21. The molecule has 0 saturated heterocycles. The Labute approximate surface area is 157 Å². The first-order chi connectivity index (χ1) is 12.9. The van der Waals surface area contributed by atoms with Crippen molar-refractivity contribution in [3.8, 4) is 0 Å². The maximum absolute atomic E-state index is 11.6. The Kier molecular flexibility index (Phi) is 14.3. The van der Waals surface area contributed by atoms with Gasteiger partial charge in [-0.1, -0.05) is 6.58 Å². The van der Waals surface area contributed by atoms with Crippen LogP contribution in [0, 0.1) is 0 Å². The summed E-state index contributed by atoms with van der Waals surface area (Å²) >= 11 is 0. The summed E-state index contributed by atoms with van der Waals surface area (Å²) < 4.78 is 28.5. The van der Waals surface area contributed by atoms with Gasteiger partial charge in [-0.05, 0) is 0 Å². The second-order valence-corrected chi connectivity index (χ2v) is 5.15. The van der Waals surface area contributed by atoms with E-state index < -0.39 is 43.5 Å². The first-order valence-electron chi connectivity index (χ1n) is 8.20. The molecule has 0 aromatic rings. The van der Waals surface area contributed by atoms with Gasteiger partial charge in [0.05, 0.1) is 19.6 Å². The molecular formula is C17H26O10. The minimum atomic E-state index is -0.942. The topological polar surface area (TPSA) is 124 Å². The summed E-state index contributed by atoms with van der Waals surface area (Å²) in [5.74, 6) is -3.24. The number of carbonyl (C=O) groups excluding carboxylic acids is 4. The van der Waals surface area contributed by atoms with Gasteiger partial charge in [-0.2, -0.15) is 0 Å². The predicted octanol–water partition coefficient (Wildman–Crippen LogP) is 0.179. The summed E-state index contributed by atoms with van der Waals surface area (Å²) in [6, 6.07) is 0. The molecule has 0 rings (SSSR count). The highest BCUT2D eigenvalue weighted by Gasteiger charge is 2.17. The number of esters is 4. The second-order valence-electron chi connectivity index (χ2n) is 5.15. The highest BCUT2D eigenvalue weighted by Crippen LogP contribution is 2.04. The van der Waals surface area contributed by atoms with Gasteiger partial charge in [0.1, 0.15) is 0 Å². The fourth-order valence-corrected chi connectivity index (χ4v) is 1.53. The van der Waals surface area contributed by atoms with Crippen LogP contribution in [-0.4, -0.2) is 77.7 Å². The summed E-state index contributed by atoms with van der Waals surface area (Å²) in [7, 11) is 3.04. The van der Waals surface area contributed by atoms with Crippen molar-refractivity contribution < 1.29 is 47.6 Å². The molecule has 10 heteroatoms. The third kappa shape index (κ3) is 14.4. The average Bonchev–Trinajstić information content (AvgIpc) is 2.65. The molecule has 0 aromatic heterocycles. The first kappa shape index (κ1) is 24.5. The zero-order valence-electron chi connectivity index (χ0n) is 15.7. The molecule has 0 amide bonds. The smallest absolute Gasteiger partial charge is 0.344 e. The van der Waals surface area contributed by atoms with E-state index in [4.69, 9.17) is 18.9 Å². The van der Waals surface area contributed by atoms with E-state index in [2.05, 4.69) is 16.1 Å². The van der Waals surface area contributed by atoms with E-state index in [1.807, 2.05) is 0 Å². The standard InChI is InChI=1S/C17H26O10/c1-13(17(21)27-12-16(20)25-9-5-7-23-3)10-14(18)26-11-15(19)24-8-4-6-22-2/h1,4-12H2,2-3H3. The Hall–Kier alpha value is -2.46. The quantitative estimate of drug-likeness (QED) is 0.165. The van der Waals surface area contributed by atoms with Crippen molar-refractivity contribution in [3.63, 3.8) is 0 Å². The van der Waals surface area contributed by atoms with Crippen LogP contribution in [0.25, 0.3) is 0 Å². The Morgan fingerprint density at radius 1 is 0.667 bits per heavy atom. The monoisotopic (exact) mass is 390 g/mol. The highest BCUT2D eigenvalue weighted by molar-refractivity contribution is 5.94. The van der Waals surface area contributed by atoms with E-state index in [1.165, 1.54) is 14.2 Å². The molecule has 0 saturated carbocycles. The van der Waals surface area contributed by atoms with Crippen LogP contribution >= 0.6 is 0 Å². The zero-order chi connectivity index (χ0) is 20.5. The van der Waals surface area contributed by atoms with Crippen molar-refractivity contribution in [3.05, 3.63) is 12.2 Å². The van der Waals surface area contributed by atoms with Gasteiger partial charge >= 0.3 is 23.9 Å². The van der Waals surface area contributed by atoms with Crippen molar-refractivity contribution in [2.75, 3.05) is 53.9 Å². The maximum Gasteiger partial charge on any atom is 0.344 e. The lowest BCUT2D eigenvalue weighted by Gasteiger charge is -2.08. The van der Waals surface area contributed by atoms with E-state index in [0.29, 0.717) is 26.1 Å². The molecule has 154 valence electrons. The number of hydrogen-bond donors (Lipinski definition) is 0. The molecule has 10 nitrogen and oxygen atoms in total. The molecule has 0 aliphatic heterocycles. The van der Waals surface area contributed by atoms with E-state index in [9.17, 15) is 19.2 Å². The minimum absolute atomic E-state index is 0.138. The number of methoxy groups -OCH3 is 2. The van der Waals surface area contributed by atoms with Crippen LogP contribution in [0.5, 0.6) is 0 Å². The Bertz CT molecular complexity index is 500. The lowest BCUT2D eigenvalue weighted by molar-refractivity contribution is -0.159. The lowest BCUT2D eigenvalue weighted by atomic mass is 10.2. The van der Waals surface area contributed by atoms with Crippen LogP contribution in [0.1, 0.15) is 19.3 Å². The largest absolute Gasteiger partial charge is 0.463 e. The maximum atomic E-state index is 11.6. The Morgan fingerprint density at radius 3 is 1.63 bits per heavy atom. The summed E-state index contributed by atoms with van der Waals surface area (Å²) in [4.78, 5) is 45.9. The molecule has 0 N–H and O–H groups in total. The second kappa shape index (κ2) is 15.8. The SMILES string of the molecule is C=C(CC(=O)OCC(=O)OCCCOC)C(=O)OCC(=O)OCCCOC. The number of ether oxygens (including phenoxy) is 6. The van der Waals surface area contributed by atoms with Crippen LogP contribution in [0.3, 0.4) is 0 Å². The Morgan fingerprint density at radius 2 is 1.15 bits per heavy atom. The van der Waals surface area contributed by atoms with Gasteiger partial charge in [0.25, 0.3) is 0 Å². The van der Waals surface area contributed by atoms with Gasteiger partial charge < -0.3 is 28.4 Å². The van der Waals surface area contributed by atoms with Crippen molar-refractivity contribution in [2.24, 2.45) is 0 Å². The molecule has 0 aromatic carbocycles. The van der Waals surface area contributed by atoms with Gasteiger partial charge in [-0.25, -0.2) is 14.4 Å². The number of rotatable bonds is 15. The van der Waals surface area contributed by atoms with Crippen molar-refractivity contribution in [1.82, 2.24) is 0 Å². The third-order valence-electron chi connectivity index (χ3n) is 2.83. The van der Waals surface area contributed by atoms with Gasteiger partial charge in [-0.3, -0.25) is 4.79 Å². The van der Waals surface area contributed by atoms with Gasteiger partial charge in [0.2, 0.25) is 0 Å². The Balaban J connectivity index is 3.90. The number of hydrogen-bond acceptors (Lipinski definition) is 10. The highest BCUT2D eigenvalue weighted by atomic mass is 16.6. The number of carbonyl (C=O) groups is 4. The van der Waals surface area contributed by atoms with E-state index in [1.54, 1.807) is 0 Å². The summed E-state index contributed by atoms with van der Waals surface area (Å²) in [6.45, 7) is 3.36. The van der Waals surface area contributed by atoms with Crippen LogP contribution in [0.4, 0.5) is 0 Å². The molecule has 0 bridgehead atoms. The fourth-order valence-electron chi connectivity index (χ4n) is 1.53. The van der Waals surface area contributed by atoms with Crippen LogP contribution < -0.4 is 0 Å². The summed E-state index contributed by atoms with van der Waals surface area (Å²) in [6.07, 6.45) is 0.551. The average molecular weight is 390 g/mol. The molecule has 0 aliphatic rings. The van der Waals surface area contributed by atoms with Crippen molar-refractivity contribution in [2.45, 2.75) is 19.3 Å². The van der Waals surface area contributed by atoms with E-state index >= 15 is 0 Å². The van der Waals surface area contributed by atoms with Crippen LogP contribution in [0.15, 0.2) is 12.2 Å². The molecule has 0 atom stereocenters. The zero-order valence-corrected chi connectivity index (χ0v) is 15.7. The first-order valence-corrected chi connectivity index (χ1v) is 8.20. The minimum Gasteiger partial charge on any atom is -0.463 e. The van der Waals surface area contributed by atoms with Gasteiger partial charge in [0, 0.05) is 45.8 Å². The third-order valence-corrected chi connectivity index (χ3v) is 2.83. The van der Waals surface area contributed by atoms with E-state index in [0.717, 1.165) is 0 Å². The van der Waals surface area contributed by atoms with Gasteiger partial charge in [-0.15, -0.1) is 0 Å². The van der Waals surface area contributed by atoms with Crippen molar-refractivity contribution in [1.29, 1.82) is 0 Å². The normalized spacial score (nSPS) is 10.0. The molecule has 0 spiro atoms. The molecule has 0 aliphatic carbocycles. The molecule has 0 unspecified atom stereocenters. The predicted molar refractivity (Wildman–Crippen MR) is 90.6 cm³/mol. The van der Waals surface area contributed by atoms with Gasteiger partial charge in [0.15, 0.2) is 13.2 Å². The van der Waals surface area contributed by atoms with Crippen LogP contribution in [0.2, 0.25) is 0 Å². The molecule has 0 heterocycles. The molecule has 27 heavy (non-hydrogen) atoms. The molecular weight excluding hydrogens is 364 g/mol. The molecule has 0 fully saturated rings. The molecule has 0 radical (unpaired) electrons. The van der Waals surface area contributed by atoms with Crippen molar-refractivity contribution >= 4 is 23.9 Å². The van der Waals surface area contributed by atoms with Crippen LogP contribution in [-0.2, 0) is 47.6 Å². The summed E-state index contributed by atoms with van der Waals surface area (Å²) in [5.41, 5.74) is -0.222. The fraction of sp³-hybridized carbons (Fsp3) is 0.647. The van der Waals surface area contributed by atoms with E-state index in [-0.39, 0.29) is 18.8 Å².